The molecular weight excluding hydrogens is 502 g/mol. The number of thiol groups is 1. The summed E-state index contributed by atoms with van der Waals surface area (Å²) in [6.07, 6.45) is 11.3. The molecule has 40 heavy (non-hydrogen) atoms. The second kappa shape index (κ2) is 10.0. The van der Waals surface area contributed by atoms with E-state index in [-0.39, 0.29) is 16.9 Å². The van der Waals surface area contributed by atoms with Crippen LogP contribution in [0.3, 0.4) is 0 Å². The van der Waals surface area contributed by atoms with Crippen LogP contribution in [0.15, 0.2) is 126 Å². The molecule has 0 heterocycles. The Morgan fingerprint density at radius 3 is 2.17 bits per heavy atom. The monoisotopic (exact) mass is 539 g/mol. The Kier molecular flexibility index (Phi) is 6.63. The van der Waals surface area contributed by atoms with Crippen molar-refractivity contribution in [1.82, 2.24) is 0 Å². The minimum Gasteiger partial charge on any atom is -0.374 e. The third-order valence-electron chi connectivity index (χ3n) is 8.54. The molecule has 1 nitrogen and oxygen atoms in total. The molecule has 0 saturated carbocycles. The molecule has 0 saturated heterocycles. The molecule has 6 rings (SSSR count). The first-order chi connectivity index (χ1) is 19.1. The molecule has 0 amide bonds. The number of rotatable bonds is 5. The van der Waals surface area contributed by atoms with Gasteiger partial charge in [-0.3, -0.25) is 0 Å². The van der Waals surface area contributed by atoms with E-state index in [1.165, 1.54) is 44.5 Å². The first-order valence-electron chi connectivity index (χ1n) is 14.1. The van der Waals surface area contributed by atoms with E-state index in [9.17, 15) is 0 Å². The van der Waals surface area contributed by atoms with Crippen molar-refractivity contribution in [1.29, 1.82) is 0 Å². The fraction of sp³-hybridized carbons (Fsp3) is 0.211. The molecule has 0 fully saturated rings. The predicted molar refractivity (Wildman–Crippen MR) is 174 cm³/mol. The average molecular weight is 540 g/mol. The largest absolute Gasteiger partial charge is 0.374 e. The van der Waals surface area contributed by atoms with E-state index < -0.39 is 0 Å². The molecule has 1 unspecified atom stereocenters. The topological polar surface area (TPSA) is 12.0 Å². The van der Waals surface area contributed by atoms with Gasteiger partial charge in [0.15, 0.2) is 0 Å². The summed E-state index contributed by atoms with van der Waals surface area (Å²) in [5.41, 5.74) is 12.6. The first-order valence-corrected chi connectivity index (χ1v) is 14.6. The Hall–Kier alpha value is -3.75. The maximum Gasteiger partial charge on any atom is 0.0767 e. The maximum atomic E-state index is 4.93. The zero-order chi connectivity index (χ0) is 28.1. The van der Waals surface area contributed by atoms with Crippen LogP contribution in [-0.2, 0) is 5.41 Å². The van der Waals surface area contributed by atoms with Crippen molar-refractivity contribution in [3.63, 3.8) is 0 Å². The summed E-state index contributed by atoms with van der Waals surface area (Å²) < 4.78 is 0. The van der Waals surface area contributed by atoms with Crippen molar-refractivity contribution >= 4 is 18.3 Å². The van der Waals surface area contributed by atoms with Gasteiger partial charge in [-0.05, 0) is 69.1 Å². The van der Waals surface area contributed by atoms with E-state index in [0.717, 1.165) is 16.1 Å². The van der Waals surface area contributed by atoms with Crippen molar-refractivity contribution < 1.29 is 0 Å². The Morgan fingerprint density at radius 1 is 0.700 bits per heavy atom. The Labute approximate surface area is 244 Å². The second-order valence-electron chi connectivity index (χ2n) is 12.3. The van der Waals surface area contributed by atoms with Crippen molar-refractivity contribution in [2.45, 2.75) is 51.0 Å². The third kappa shape index (κ3) is 4.75. The van der Waals surface area contributed by atoms with Gasteiger partial charge >= 0.3 is 0 Å². The molecule has 1 atom stereocenters. The van der Waals surface area contributed by atoms with E-state index in [1.807, 2.05) is 0 Å². The summed E-state index contributed by atoms with van der Waals surface area (Å²) in [4.78, 5) is 0.968. The van der Waals surface area contributed by atoms with Crippen molar-refractivity contribution in [2.75, 3.05) is 5.32 Å². The van der Waals surface area contributed by atoms with Crippen LogP contribution in [0, 0.1) is 12.3 Å². The van der Waals surface area contributed by atoms with Crippen LogP contribution in [0.1, 0.15) is 56.0 Å². The highest BCUT2D eigenvalue weighted by Crippen LogP contribution is 2.49. The third-order valence-corrected chi connectivity index (χ3v) is 8.91. The van der Waals surface area contributed by atoms with Gasteiger partial charge in [0.2, 0.25) is 0 Å². The molecule has 2 aliphatic carbocycles. The zero-order valence-corrected chi connectivity index (χ0v) is 24.9. The van der Waals surface area contributed by atoms with Crippen LogP contribution in [0.2, 0.25) is 0 Å². The van der Waals surface area contributed by atoms with Crippen molar-refractivity contribution in [2.24, 2.45) is 5.41 Å². The molecule has 4 aromatic rings. The Bertz CT molecular complexity index is 1700. The molecule has 0 spiro atoms. The molecule has 0 aromatic heterocycles. The summed E-state index contributed by atoms with van der Waals surface area (Å²) in [6.45, 7) is 11.3. The molecular formula is C38H37NS. The standard InChI is InChI=1S/C38H37NS/c1-25-11-6-7-13-29(25)32-19-17-28(24-35(32)40)39-36(26-12-10-21-37(2,3)22-20-26)27-16-18-31-30-14-8-9-15-33(30)38(4,5)34(31)23-27/h6-24,36,39-40H,1-5H3. The molecule has 1 N–H and O–H groups in total. The normalized spacial score (nSPS) is 17.0. The van der Waals surface area contributed by atoms with Gasteiger partial charge in [0.05, 0.1) is 6.04 Å². The summed E-state index contributed by atoms with van der Waals surface area (Å²) in [7, 11) is 0. The number of nitrogens with one attached hydrogen (secondary N) is 1. The zero-order valence-electron chi connectivity index (χ0n) is 24.0. The van der Waals surface area contributed by atoms with Crippen LogP contribution >= 0.6 is 12.6 Å². The van der Waals surface area contributed by atoms with Gasteiger partial charge in [-0.1, -0.05) is 131 Å². The van der Waals surface area contributed by atoms with Crippen LogP contribution in [0.4, 0.5) is 5.69 Å². The van der Waals surface area contributed by atoms with Gasteiger partial charge in [0, 0.05) is 21.4 Å². The van der Waals surface area contributed by atoms with Gasteiger partial charge < -0.3 is 5.32 Å². The SMILES string of the molecule is Cc1ccccc1-c1ccc(NC(C2=CC=CC(C)(C)C=C2)c2ccc3c(c2)C(C)(C)c2ccccc2-3)cc1S. The molecule has 200 valence electrons. The summed E-state index contributed by atoms with van der Waals surface area (Å²) in [5, 5.41) is 3.89. The van der Waals surface area contributed by atoms with Crippen LogP contribution in [-0.4, -0.2) is 0 Å². The Balaban J connectivity index is 1.42. The van der Waals surface area contributed by atoms with Gasteiger partial charge in [0.1, 0.15) is 0 Å². The minimum absolute atomic E-state index is 0.0117. The van der Waals surface area contributed by atoms with Crippen LogP contribution in [0.5, 0.6) is 0 Å². The summed E-state index contributed by atoms with van der Waals surface area (Å²) in [5.74, 6) is 0. The number of hydrogen-bond donors (Lipinski definition) is 2. The smallest absolute Gasteiger partial charge is 0.0767 e. The number of fused-ring (bicyclic) bond motifs is 3. The van der Waals surface area contributed by atoms with Crippen LogP contribution in [0.25, 0.3) is 22.3 Å². The maximum absolute atomic E-state index is 4.93. The number of hydrogen-bond acceptors (Lipinski definition) is 2. The van der Waals surface area contributed by atoms with E-state index in [0.29, 0.717) is 0 Å². The quantitative estimate of drug-likeness (QED) is 0.240. The molecule has 0 aliphatic heterocycles. The van der Waals surface area contributed by atoms with Crippen LogP contribution < -0.4 is 5.32 Å². The predicted octanol–water partition coefficient (Wildman–Crippen LogP) is 10.5. The molecule has 2 aliphatic rings. The highest BCUT2D eigenvalue weighted by Gasteiger charge is 2.35. The van der Waals surface area contributed by atoms with Crippen molar-refractivity contribution in [3.05, 3.63) is 143 Å². The highest BCUT2D eigenvalue weighted by atomic mass is 32.1. The van der Waals surface area contributed by atoms with Gasteiger partial charge in [-0.15, -0.1) is 12.6 Å². The van der Waals surface area contributed by atoms with E-state index in [4.69, 9.17) is 12.6 Å². The second-order valence-corrected chi connectivity index (χ2v) is 12.8. The van der Waals surface area contributed by atoms with E-state index >= 15 is 0 Å². The lowest BCUT2D eigenvalue weighted by Gasteiger charge is -2.26. The van der Waals surface area contributed by atoms with Crippen molar-refractivity contribution in [3.8, 4) is 22.3 Å². The van der Waals surface area contributed by atoms with Gasteiger partial charge in [0.25, 0.3) is 0 Å². The fourth-order valence-electron chi connectivity index (χ4n) is 6.17. The minimum atomic E-state index is -0.0461. The fourth-order valence-corrected chi connectivity index (χ4v) is 6.51. The first kappa shape index (κ1) is 26.5. The van der Waals surface area contributed by atoms with E-state index in [1.54, 1.807) is 0 Å². The van der Waals surface area contributed by atoms with Gasteiger partial charge in [-0.2, -0.15) is 0 Å². The number of benzene rings is 4. The highest BCUT2D eigenvalue weighted by molar-refractivity contribution is 7.80. The summed E-state index contributed by atoms with van der Waals surface area (Å²) >= 11 is 4.93. The van der Waals surface area contributed by atoms with Gasteiger partial charge in [-0.25, -0.2) is 0 Å². The molecule has 0 bridgehead atoms. The molecule has 4 aromatic carbocycles. The molecule has 2 heteroatoms. The lowest BCUT2D eigenvalue weighted by Crippen LogP contribution is -2.17. The average Bonchev–Trinajstić information content (AvgIpc) is 3.03. The van der Waals surface area contributed by atoms with E-state index in [2.05, 4.69) is 155 Å². The number of anilines is 1. The lowest BCUT2D eigenvalue weighted by atomic mass is 9.81. The molecule has 0 radical (unpaired) electrons. The lowest BCUT2D eigenvalue weighted by molar-refractivity contribution is 0.626. The summed E-state index contributed by atoms with van der Waals surface area (Å²) in [6, 6.07) is 30.9. The number of aryl methyl sites for hydroxylation is 1. The Morgan fingerprint density at radius 2 is 1.40 bits per heavy atom. The number of allylic oxidation sites excluding steroid dienone is 4.